The van der Waals surface area contributed by atoms with Crippen LogP contribution in [0.25, 0.3) is 32.6 Å². The van der Waals surface area contributed by atoms with Gasteiger partial charge in [0, 0.05) is 41.5 Å². The number of ether oxygens (including phenoxy) is 1. The molecule has 3 aromatic heterocycles. The van der Waals surface area contributed by atoms with Gasteiger partial charge in [0.05, 0.1) is 11.1 Å². The third kappa shape index (κ3) is 4.10. The highest BCUT2D eigenvalue weighted by Gasteiger charge is 2.20. The van der Waals surface area contributed by atoms with Gasteiger partial charge >= 0.3 is 0 Å². The molecular formula is C26H18FN5O2S. The van der Waals surface area contributed by atoms with Gasteiger partial charge in [-0.2, -0.15) is 0 Å². The SMILES string of the molecule is O=C1Cc2ccc(-c3nnc(-c4ccc(F)cc4OCc4ncccn4)c4sccc34)cc2CN1. The van der Waals surface area contributed by atoms with Crippen molar-refractivity contribution >= 4 is 27.3 Å². The maximum absolute atomic E-state index is 14.1. The summed E-state index contributed by atoms with van der Waals surface area (Å²) in [5, 5.41) is 14.9. The molecule has 0 radical (unpaired) electrons. The summed E-state index contributed by atoms with van der Waals surface area (Å²) in [4.78, 5) is 20.0. The molecule has 0 bridgehead atoms. The van der Waals surface area contributed by atoms with E-state index in [0.717, 1.165) is 32.5 Å². The first-order chi connectivity index (χ1) is 17.2. The molecule has 4 heterocycles. The van der Waals surface area contributed by atoms with Gasteiger partial charge in [0.1, 0.15) is 29.6 Å². The zero-order chi connectivity index (χ0) is 23.8. The zero-order valence-electron chi connectivity index (χ0n) is 18.4. The van der Waals surface area contributed by atoms with Gasteiger partial charge in [-0.15, -0.1) is 21.5 Å². The van der Waals surface area contributed by atoms with Crippen LogP contribution in [0.5, 0.6) is 5.75 Å². The molecule has 0 saturated carbocycles. The summed E-state index contributed by atoms with van der Waals surface area (Å²) in [6.07, 6.45) is 3.65. The highest BCUT2D eigenvalue weighted by molar-refractivity contribution is 7.17. The first-order valence-electron chi connectivity index (χ1n) is 11.0. The van der Waals surface area contributed by atoms with Crippen LogP contribution < -0.4 is 10.1 Å². The van der Waals surface area contributed by atoms with Gasteiger partial charge in [0.15, 0.2) is 5.82 Å². The number of aromatic nitrogens is 4. The van der Waals surface area contributed by atoms with Gasteiger partial charge in [-0.05, 0) is 46.8 Å². The van der Waals surface area contributed by atoms with Gasteiger partial charge in [-0.3, -0.25) is 4.79 Å². The Morgan fingerprint density at radius 1 is 1.00 bits per heavy atom. The third-order valence-corrected chi connectivity index (χ3v) is 6.79. The fraction of sp³-hybridized carbons (Fsp3) is 0.115. The number of amides is 1. The molecule has 1 aliphatic heterocycles. The lowest BCUT2D eigenvalue weighted by Gasteiger charge is -2.17. The van der Waals surface area contributed by atoms with Gasteiger partial charge in [-0.25, -0.2) is 14.4 Å². The standard InChI is InChI=1S/C26H18FN5O2S/c27-18-4-5-19(21(12-18)34-14-22-28-7-1-8-29-22)25-26-20(6-9-35-26)24(31-32-25)16-3-2-15-11-23(33)30-13-17(15)10-16/h1-10,12H,11,13-14H2,(H,30,33). The third-order valence-electron chi connectivity index (χ3n) is 5.87. The summed E-state index contributed by atoms with van der Waals surface area (Å²) in [5.74, 6) is 0.462. The fourth-order valence-electron chi connectivity index (χ4n) is 4.17. The largest absolute Gasteiger partial charge is 0.485 e. The lowest BCUT2D eigenvalue weighted by molar-refractivity contribution is -0.121. The van der Waals surface area contributed by atoms with Gasteiger partial charge < -0.3 is 10.1 Å². The quantitative estimate of drug-likeness (QED) is 0.390. The van der Waals surface area contributed by atoms with Crippen LogP contribution in [-0.4, -0.2) is 26.1 Å². The Balaban J connectivity index is 1.40. The molecular weight excluding hydrogens is 465 g/mol. The van der Waals surface area contributed by atoms with Crippen molar-refractivity contribution in [3.05, 3.63) is 89.1 Å². The van der Waals surface area contributed by atoms with E-state index < -0.39 is 5.82 Å². The van der Waals surface area contributed by atoms with Crippen molar-refractivity contribution in [3.63, 3.8) is 0 Å². The molecule has 1 amide bonds. The van der Waals surface area contributed by atoms with E-state index in [9.17, 15) is 9.18 Å². The van der Waals surface area contributed by atoms with Crippen molar-refractivity contribution in [3.8, 4) is 28.3 Å². The molecule has 0 fully saturated rings. The number of nitrogens with one attached hydrogen (secondary N) is 1. The minimum absolute atomic E-state index is 0.0331. The molecule has 7 nitrogen and oxygen atoms in total. The Bertz CT molecular complexity index is 1570. The summed E-state index contributed by atoms with van der Waals surface area (Å²) in [6.45, 7) is 0.601. The number of benzene rings is 2. The lowest BCUT2D eigenvalue weighted by Crippen LogP contribution is -2.30. The maximum atomic E-state index is 14.1. The van der Waals surface area contributed by atoms with E-state index in [2.05, 4.69) is 31.5 Å². The van der Waals surface area contributed by atoms with Crippen molar-refractivity contribution in [1.29, 1.82) is 0 Å². The van der Waals surface area contributed by atoms with Crippen molar-refractivity contribution in [2.75, 3.05) is 0 Å². The van der Waals surface area contributed by atoms with Crippen LogP contribution in [0.2, 0.25) is 0 Å². The van der Waals surface area contributed by atoms with Crippen LogP contribution in [0.15, 0.2) is 66.3 Å². The van der Waals surface area contributed by atoms with Crippen molar-refractivity contribution in [1.82, 2.24) is 25.5 Å². The average Bonchev–Trinajstić information content (AvgIpc) is 3.38. The van der Waals surface area contributed by atoms with Crippen molar-refractivity contribution in [2.24, 2.45) is 0 Å². The predicted octanol–water partition coefficient (Wildman–Crippen LogP) is 4.71. The first kappa shape index (κ1) is 21.3. The maximum Gasteiger partial charge on any atom is 0.224 e. The second-order valence-electron chi connectivity index (χ2n) is 8.09. The molecule has 6 rings (SSSR count). The number of hydrogen-bond acceptors (Lipinski definition) is 7. The van der Waals surface area contributed by atoms with Gasteiger partial charge in [-0.1, -0.05) is 12.1 Å². The molecule has 5 aromatic rings. The predicted molar refractivity (Wildman–Crippen MR) is 130 cm³/mol. The molecule has 0 unspecified atom stereocenters. The highest BCUT2D eigenvalue weighted by atomic mass is 32.1. The number of halogens is 1. The van der Waals surface area contributed by atoms with E-state index in [-0.39, 0.29) is 12.5 Å². The van der Waals surface area contributed by atoms with E-state index in [0.29, 0.717) is 35.8 Å². The molecule has 172 valence electrons. The second-order valence-corrected chi connectivity index (χ2v) is 9.01. The number of fused-ring (bicyclic) bond motifs is 2. The van der Waals surface area contributed by atoms with E-state index in [1.807, 2.05) is 23.6 Å². The van der Waals surface area contributed by atoms with Gasteiger partial charge in [0.2, 0.25) is 5.91 Å². The molecule has 0 atom stereocenters. The van der Waals surface area contributed by atoms with E-state index in [4.69, 9.17) is 4.74 Å². The Labute approximate surface area is 203 Å². The number of nitrogens with zero attached hydrogens (tertiary/aromatic N) is 4. The summed E-state index contributed by atoms with van der Waals surface area (Å²) in [6, 6.07) is 14.1. The smallest absolute Gasteiger partial charge is 0.224 e. The van der Waals surface area contributed by atoms with E-state index >= 15 is 0 Å². The average molecular weight is 484 g/mol. The van der Waals surface area contributed by atoms with Crippen LogP contribution in [0.1, 0.15) is 17.0 Å². The molecule has 1 aliphatic rings. The lowest BCUT2D eigenvalue weighted by atomic mass is 9.96. The van der Waals surface area contributed by atoms with Crippen LogP contribution in [0, 0.1) is 5.82 Å². The summed E-state index contributed by atoms with van der Waals surface area (Å²) in [7, 11) is 0. The zero-order valence-corrected chi connectivity index (χ0v) is 19.2. The number of hydrogen-bond donors (Lipinski definition) is 1. The van der Waals surface area contributed by atoms with Crippen molar-refractivity contribution < 1.29 is 13.9 Å². The molecule has 35 heavy (non-hydrogen) atoms. The monoisotopic (exact) mass is 483 g/mol. The number of carbonyl (C=O) groups is 1. The minimum Gasteiger partial charge on any atom is -0.485 e. The van der Waals surface area contributed by atoms with Crippen LogP contribution in [0.4, 0.5) is 4.39 Å². The first-order valence-corrected chi connectivity index (χ1v) is 11.8. The molecule has 2 aromatic carbocycles. The summed E-state index contributed by atoms with van der Waals surface area (Å²) < 4.78 is 21.0. The Hall–Kier alpha value is -4.24. The number of carbonyl (C=O) groups excluding carboxylic acids is 1. The summed E-state index contributed by atoms with van der Waals surface area (Å²) in [5.41, 5.74) is 5.05. The summed E-state index contributed by atoms with van der Waals surface area (Å²) >= 11 is 1.54. The Morgan fingerprint density at radius 2 is 1.86 bits per heavy atom. The van der Waals surface area contributed by atoms with Crippen LogP contribution in [0.3, 0.4) is 0 Å². The minimum atomic E-state index is -0.411. The molecule has 0 saturated heterocycles. The second kappa shape index (κ2) is 8.84. The van der Waals surface area contributed by atoms with Crippen LogP contribution in [-0.2, 0) is 24.4 Å². The van der Waals surface area contributed by atoms with Crippen molar-refractivity contribution in [2.45, 2.75) is 19.6 Å². The normalized spacial score (nSPS) is 12.9. The number of rotatable bonds is 5. The topological polar surface area (TPSA) is 89.9 Å². The van der Waals surface area contributed by atoms with Gasteiger partial charge in [0.25, 0.3) is 0 Å². The fourth-order valence-corrected chi connectivity index (χ4v) is 5.06. The van der Waals surface area contributed by atoms with E-state index in [1.165, 1.54) is 12.1 Å². The molecule has 0 spiro atoms. The van der Waals surface area contributed by atoms with Crippen LogP contribution >= 0.6 is 11.3 Å². The Kier molecular flexibility index (Phi) is 5.38. The number of thiophene rings is 1. The van der Waals surface area contributed by atoms with E-state index in [1.54, 1.807) is 35.9 Å². The highest BCUT2D eigenvalue weighted by Crippen LogP contribution is 2.39. The molecule has 1 N–H and O–H groups in total. The molecule has 9 heteroatoms. The Morgan fingerprint density at radius 3 is 2.74 bits per heavy atom. The molecule has 0 aliphatic carbocycles.